The van der Waals surface area contributed by atoms with Gasteiger partial charge in [-0.1, -0.05) is 397 Å². The molecule has 0 amide bonds. The molecule has 14 aromatic rings. The molecule has 0 saturated carbocycles. The molecule has 0 saturated heterocycles. The fourth-order valence-corrected chi connectivity index (χ4v) is 26.5. The summed E-state index contributed by atoms with van der Waals surface area (Å²) in [4.78, 5) is 19.4. The van der Waals surface area contributed by atoms with Crippen LogP contribution in [-0.2, 0) is 14.7 Å². The van der Waals surface area contributed by atoms with Crippen LogP contribution in [0.3, 0.4) is 0 Å². The Bertz CT molecular complexity index is 5300. The van der Waals surface area contributed by atoms with Crippen LogP contribution in [0.25, 0.3) is 0 Å². The van der Waals surface area contributed by atoms with Gasteiger partial charge in [0.1, 0.15) is 5.54 Å². The maximum absolute atomic E-state index is 14.3. The Balaban J connectivity index is 0.000000167. The second kappa shape index (κ2) is 44.2. The molecule has 0 bridgehead atoms. The Kier molecular flexibility index (Phi) is 33.3. The van der Waals surface area contributed by atoms with Gasteiger partial charge in [-0.15, -0.1) is 0 Å². The quantitative estimate of drug-likeness (QED) is 0.0205. The molecule has 14 aromatic carbocycles. The van der Waals surface area contributed by atoms with Crippen LogP contribution < -0.4 is 68.8 Å². The van der Waals surface area contributed by atoms with E-state index in [0.717, 1.165) is 35.5 Å². The molecule has 0 radical (unpaired) electrons. The summed E-state index contributed by atoms with van der Waals surface area (Å²) < 4.78 is 44.1. The fraction of sp³-hybridized carbons (Fsp3) is 0.158. The Morgan fingerprint density at radius 3 is 0.882 bits per heavy atom. The van der Waals surface area contributed by atoms with Crippen molar-refractivity contribution in [3.63, 3.8) is 0 Å². The first-order valence-electron chi connectivity index (χ1n) is 39.7. The lowest BCUT2D eigenvalue weighted by molar-refractivity contribution is -0.490. The smallest absolute Gasteiger partial charge is 0.247 e. The molecule has 606 valence electrons. The summed E-state index contributed by atoms with van der Waals surface area (Å²) in [6, 6.07) is 143. The predicted octanol–water partition coefficient (Wildman–Crippen LogP) is 19.4. The summed E-state index contributed by atoms with van der Waals surface area (Å²) in [6.07, 6.45) is 0. The minimum atomic E-state index is -3.32. The van der Waals surface area contributed by atoms with E-state index >= 15 is 0 Å². The highest BCUT2D eigenvalue weighted by Gasteiger charge is 2.41. The number of likely N-dealkylation sites (N-methyl/N-ethyl adjacent to an activating group) is 2. The van der Waals surface area contributed by atoms with Gasteiger partial charge in [0.15, 0.2) is 7.05 Å². The van der Waals surface area contributed by atoms with Crippen LogP contribution in [0.5, 0.6) is 0 Å². The first kappa shape index (κ1) is 89.7. The van der Waals surface area contributed by atoms with Crippen molar-refractivity contribution in [3.8, 4) is 0 Å². The van der Waals surface area contributed by atoms with Crippen molar-refractivity contribution < 1.29 is 19.0 Å². The largest absolute Gasteiger partial charge is 0.315 e. The second-order valence-electron chi connectivity index (χ2n) is 29.7. The van der Waals surface area contributed by atoms with Gasteiger partial charge in [0, 0.05) is 86.6 Å². The van der Waals surface area contributed by atoms with Crippen molar-refractivity contribution >= 4 is 87.5 Å². The van der Waals surface area contributed by atoms with Gasteiger partial charge in [0.25, 0.3) is 0 Å². The van der Waals surface area contributed by atoms with Crippen molar-refractivity contribution in [2.75, 3.05) is 40.8 Å². The van der Waals surface area contributed by atoms with Crippen LogP contribution in [0.4, 0.5) is 0 Å². The van der Waals surface area contributed by atoms with Crippen LogP contribution in [0, 0.1) is 25.6 Å². The van der Waals surface area contributed by atoms with Crippen LogP contribution in [0.2, 0.25) is 0 Å². The molecule has 0 aliphatic heterocycles. The molecular weight excluding hydrogens is 1550 g/mol. The molecule has 3 atom stereocenters. The van der Waals surface area contributed by atoms with Crippen LogP contribution >= 0.6 is 28.7 Å². The number of nitrogens with zero attached hydrogens (tertiary/aromatic N) is 5. The third-order valence-electron chi connectivity index (χ3n) is 20.4. The van der Waals surface area contributed by atoms with Gasteiger partial charge >= 0.3 is 0 Å². The molecule has 14 nitrogen and oxygen atoms in total. The van der Waals surface area contributed by atoms with Gasteiger partial charge in [-0.05, 0) is 104 Å². The zero-order valence-electron chi connectivity index (χ0n) is 68.7. The Morgan fingerprint density at radius 2 is 0.613 bits per heavy atom. The van der Waals surface area contributed by atoms with E-state index in [-0.39, 0.29) is 28.8 Å². The molecular formula is C101H106N8O6P4. The summed E-state index contributed by atoms with van der Waals surface area (Å²) in [5, 5.41) is 41.0. The van der Waals surface area contributed by atoms with E-state index in [4.69, 9.17) is 24.4 Å². The highest BCUT2D eigenvalue weighted by molar-refractivity contribution is 7.88. The van der Waals surface area contributed by atoms with Gasteiger partial charge in [-0.2, -0.15) is 0 Å². The SMILES string of the molecule is CC(=NP(=O)(c1ccccc1)c1ccccc1)c1ccccc1.CN[C@@H](CN=P(c1ccccc1)(c1ccccc1)c1ccccc1)C(c1ccccc1)c1ccccc1.CN[C@H](CN=P(c1ccccc1)(c1ccccc1)c1ccccc1)C(C)(C)C.C[C@@](C[N+](=O)[O-])(NP(=O)(c1ccccc1)c1ccccc1)c1ccccc1.C[N+](=O)[O-]. The number of benzene rings is 14. The Hall–Kier alpha value is -11.7. The lowest BCUT2D eigenvalue weighted by Crippen LogP contribution is -2.47. The summed E-state index contributed by atoms with van der Waals surface area (Å²) in [7, 11) is -5.75. The van der Waals surface area contributed by atoms with Gasteiger partial charge in [0.05, 0.1) is 27.2 Å². The third-order valence-corrected chi connectivity index (χ3v) is 33.3. The van der Waals surface area contributed by atoms with Crippen LogP contribution in [0.1, 0.15) is 62.8 Å². The van der Waals surface area contributed by atoms with E-state index in [9.17, 15) is 19.2 Å². The standard InChI is InChI=1S/C34H33N2P.C25H31N2P.C21H21N2O3P.C20H18NOP.CH3NO2/c1-35-33(34(28-17-7-2-8-18-28)29-19-9-3-10-20-29)27-36-37(30-21-11-4-12-22-30,31-23-13-5-14-24-31)32-25-15-6-16-26-32;1-25(2,3)24(26-4)20-27-28(21-14-8-5-9-15-21,22-16-10-6-11-17-22)23-18-12-7-13-19-23;1-21(17-23(24)25,18-11-5-2-6-12-18)22-27(26,19-13-7-3-8-14-19)20-15-9-4-10-16-20;1-17(18-11-5-2-6-12-18)21-23(22,19-13-7-3-8-14-19)20-15-9-4-10-16-20;1-2(3)4/h2-26,33-35H,27H2,1H3;5-19,24,26H,20H2,1-4H3;2-16H,17H2,1H3,(H,22,26);2-16H,1H3;1H3/t33-;24-;21-;;/m010../s1. The molecule has 0 fully saturated rings. The molecule has 0 heterocycles. The average molecular weight is 1650 g/mol. The Labute approximate surface area is 703 Å². The third kappa shape index (κ3) is 23.9. The zero-order chi connectivity index (χ0) is 84.4. The van der Waals surface area contributed by atoms with Gasteiger partial charge in [0.2, 0.25) is 21.1 Å². The number of nitrogens with one attached hydrogen (secondary N) is 3. The average Bonchev–Trinajstić information content (AvgIpc) is 0.761. The summed E-state index contributed by atoms with van der Waals surface area (Å²) in [5.74, 6) is 0.181. The molecule has 0 aromatic heterocycles. The monoisotopic (exact) mass is 1650 g/mol. The zero-order valence-corrected chi connectivity index (χ0v) is 72.3. The van der Waals surface area contributed by atoms with Crippen LogP contribution in [0.15, 0.2) is 439 Å². The van der Waals surface area contributed by atoms with E-state index in [1.165, 1.54) is 43.0 Å². The lowest BCUT2D eigenvalue weighted by atomic mass is 9.85. The van der Waals surface area contributed by atoms with Crippen molar-refractivity contribution in [2.45, 2.75) is 58.2 Å². The number of hydrogen-bond acceptors (Lipinski definition) is 10. The van der Waals surface area contributed by atoms with Gasteiger partial charge in [-0.25, -0.2) is 9.85 Å². The number of rotatable bonds is 26. The summed E-state index contributed by atoms with van der Waals surface area (Å²) in [6.45, 7) is 11.5. The molecule has 119 heavy (non-hydrogen) atoms. The second-order valence-corrected chi connectivity index (χ2v) is 40.7. The minimum Gasteiger partial charge on any atom is -0.315 e. The molecule has 0 unspecified atom stereocenters. The van der Waals surface area contributed by atoms with Crippen LogP contribution in [-0.4, -0.2) is 68.4 Å². The number of hydrogen-bond donors (Lipinski definition) is 3. The molecule has 14 rings (SSSR count). The maximum atomic E-state index is 14.3. The molecule has 3 N–H and O–H groups in total. The maximum Gasteiger partial charge on any atom is 0.247 e. The summed E-state index contributed by atoms with van der Waals surface area (Å²) >= 11 is 0. The topological polar surface area (TPSA) is 194 Å². The van der Waals surface area contributed by atoms with E-state index in [2.05, 4.69) is 286 Å². The number of nitro groups is 2. The van der Waals surface area contributed by atoms with E-state index < -0.39 is 39.2 Å². The first-order chi connectivity index (χ1) is 57.7. The predicted molar refractivity (Wildman–Crippen MR) is 505 cm³/mol. The van der Waals surface area contributed by atoms with Crippen molar-refractivity contribution in [2.24, 2.45) is 19.7 Å². The normalized spacial score (nSPS) is 12.6. The minimum absolute atomic E-state index is 0.125. The first-order valence-corrected chi connectivity index (χ1v) is 46.6. The molecule has 0 aliphatic carbocycles. The molecule has 0 aliphatic rings. The highest BCUT2D eigenvalue weighted by atomic mass is 31.2. The Morgan fingerprint density at radius 1 is 0.361 bits per heavy atom. The van der Waals surface area contributed by atoms with E-state index in [1.807, 2.05) is 172 Å². The molecule has 18 heteroatoms. The van der Waals surface area contributed by atoms with Crippen molar-refractivity contribution in [1.82, 2.24) is 15.7 Å². The fourth-order valence-electron chi connectivity index (χ4n) is 14.4. The van der Waals surface area contributed by atoms with Crippen molar-refractivity contribution in [1.29, 1.82) is 0 Å². The molecule has 0 spiro atoms. The highest BCUT2D eigenvalue weighted by Crippen LogP contribution is 2.50. The lowest BCUT2D eigenvalue weighted by Gasteiger charge is -2.33. The van der Waals surface area contributed by atoms with E-state index in [1.54, 1.807) is 31.2 Å². The van der Waals surface area contributed by atoms with Gasteiger partial charge in [-0.3, -0.25) is 38.8 Å². The van der Waals surface area contributed by atoms with Crippen molar-refractivity contribution in [3.05, 3.63) is 467 Å². The van der Waals surface area contributed by atoms with Gasteiger partial charge < -0.3 is 10.6 Å². The van der Waals surface area contributed by atoms with E-state index in [0.29, 0.717) is 28.8 Å². The summed E-state index contributed by atoms with van der Waals surface area (Å²) in [5.41, 5.74) is 4.11.